The van der Waals surface area contributed by atoms with E-state index in [1.807, 2.05) is 18.2 Å². The average molecular weight is 668 g/mol. The molecule has 0 unspecified atom stereocenters. The van der Waals surface area contributed by atoms with Crippen LogP contribution in [0, 0.1) is 0 Å². The zero-order chi connectivity index (χ0) is 31.7. The number of carbonyl (C=O) groups is 3. The van der Waals surface area contributed by atoms with E-state index in [2.05, 4.69) is 17.2 Å². The number of halogens is 2. The first-order valence-corrected chi connectivity index (χ1v) is 16.2. The Bertz CT molecular complexity index is 1640. The maximum absolute atomic E-state index is 14.2. The number of nitrogens with zero attached hydrogens (tertiary/aromatic N) is 4. The molecule has 0 radical (unpaired) electrons. The number of urea groups is 1. The Labute approximate surface area is 275 Å². The molecule has 3 aromatic carbocycles. The fourth-order valence-corrected chi connectivity index (χ4v) is 7.24. The molecule has 3 aliphatic heterocycles. The highest BCUT2D eigenvalue weighted by atomic mass is 35.5. The molecule has 13 heteroatoms. The Morgan fingerprint density at radius 1 is 1.09 bits per heavy atom. The third kappa shape index (κ3) is 6.44. The third-order valence-corrected chi connectivity index (χ3v) is 9.80. The number of carbonyl (C=O) groups excluding carboxylic acids is 3. The van der Waals surface area contributed by atoms with E-state index in [-0.39, 0.29) is 50.2 Å². The number of amides is 4. The second-order valence-corrected chi connectivity index (χ2v) is 12.9. The van der Waals surface area contributed by atoms with Gasteiger partial charge in [-0.1, -0.05) is 59.6 Å². The van der Waals surface area contributed by atoms with Gasteiger partial charge in [-0.2, -0.15) is 0 Å². The second kappa shape index (κ2) is 13.2. The zero-order valence-electron chi connectivity index (χ0n) is 24.3. The maximum atomic E-state index is 14.2. The van der Waals surface area contributed by atoms with Gasteiger partial charge in [0.1, 0.15) is 18.0 Å². The van der Waals surface area contributed by atoms with Crippen LogP contribution in [0.25, 0.3) is 0 Å². The molecular formula is C32H32Cl2N6O4S. The number of rotatable bonds is 8. The minimum absolute atomic E-state index is 0.102. The van der Waals surface area contributed by atoms with Crippen LogP contribution >= 0.6 is 35.0 Å². The van der Waals surface area contributed by atoms with Crippen molar-refractivity contribution in [3.8, 4) is 5.75 Å². The number of fused-ring (bicyclic) bond motifs is 2. The number of benzene rings is 3. The molecule has 0 aromatic heterocycles. The van der Waals surface area contributed by atoms with Crippen LogP contribution in [0.2, 0.25) is 10.0 Å². The maximum Gasteiger partial charge on any atom is 0.334 e. The second-order valence-electron chi connectivity index (χ2n) is 11.0. The molecule has 45 heavy (non-hydrogen) atoms. The lowest BCUT2D eigenvalue weighted by Crippen LogP contribution is -2.76. The van der Waals surface area contributed by atoms with Crippen molar-refractivity contribution in [3.63, 3.8) is 0 Å². The number of anilines is 1. The van der Waals surface area contributed by atoms with Crippen LogP contribution in [0.5, 0.6) is 5.75 Å². The average Bonchev–Trinajstić information content (AvgIpc) is 3.51. The molecular weight excluding hydrogens is 635 g/mol. The number of hydrazine groups is 1. The number of hydrogen-bond donors (Lipinski definition) is 3. The predicted octanol–water partition coefficient (Wildman–Crippen LogP) is 4.91. The fourth-order valence-electron chi connectivity index (χ4n) is 6.03. The molecule has 3 aromatic rings. The summed E-state index contributed by atoms with van der Waals surface area (Å²) in [6.45, 7) is 4.58. The summed E-state index contributed by atoms with van der Waals surface area (Å²) in [4.78, 5) is 46.4. The van der Waals surface area contributed by atoms with E-state index in [4.69, 9.17) is 23.2 Å². The molecule has 2 atom stereocenters. The Hall–Kier alpha value is -3.90. The highest BCUT2D eigenvalue weighted by molar-refractivity contribution is 7.99. The van der Waals surface area contributed by atoms with Crippen molar-refractivity contribution in [2.24, 2.45) is 0 Å². The van der Waals surface area contributed by atoms with Crippen LogP contribution in [0.15, 0.2) is 78.2 Å². The van der Waals surface area contributed by atoms with Gasteiger partial charge in [-0.05, 0) is 47.0 Å². The molecule has 0 saturated carbocycles. The lowest BCUT2D eigenvalue weighted by atomic mass is 9.98. The van der Waals surface area contributed by atoms with E-state index >= 15 is 0 Å². The summed E-state index contributed by atoms with van der Waals surface area (Å²) in [6.07, 6.45) is 1.08. The molecule has 3 heterocycles. The number of hydrogen-bond acceptors (Lipinski definition) is 7. The van der Waals surface area contributed by atoms with Gasteiger partial charge in [0.25, 0.3) is 0 Å². The molecule has 10 nitrogen and oxygen atoms in total. The first-order chi connectivity index (χ1) is 21.7. The zero-order valence-corrected chi connectivity index (χ0v) is 26.6. The van der Waals surface area contributed by atoms with E-state index in [0.717, 1.165) is 33.2 Å². The fraction of sp³-hybridized carbons (Fsp3) is 0.281. The van der Waals surface area contributed by atoms with E-state index in [1.54, 1.807) is 75.1 Å². The molecule has 6 rings (SSSR count). The Morgan fingerprint density at radius 3 is 2.62 bits per heavy atom. The number of para-hydroxylation sites is 1. The van der Waals surface area contributed by atoms with Gasteiger partial charge in [-0.3, -0.25) is 9.59 Å². The van der Waals surface area contributed by atoms with Crippen molar-refractivity contribution in [1.82, 2.24) is 25.1 Å². The first kappa shape index (κ1) is 31.1. The summed E-state index contributed by atoms with van der Waals surface area (Å²) in [5.41, 5.74) is 3.50. The highest BCUT2D eigenvalue weighted by Crippen LogP contribution is 2.38. The van der Waals surface area contributed by atoms with Crippen molar-refractivity contribution in [1.29, 1.82) is 0 Å². The van der Waals surface area contributed by atoms with E-state index in [1.165, 1.54) is 5.01 Å². The van der Waals surface area contributed by atoms with E-state index in [9.17, 15) is 19.5 Å². The molecule has 0 bridgehead atoms. The van der Waals surface area contributed by atoms with Gasteiger partial charge < -0.3 is 25.5 Å². The monoisotopic (exact) mass is 666 g/mol. The molecule has 0 spiro atoms. The number of piperazine rings is 1. The summed E-state index contributed by atoms with van der Waals surface area (Å²) in [7, 11) is 0. The van der Waals surface area contributed by atoms with Gasteiger partial charge >= 0.3 is 6.03 Å². The number of aromatic hydroxyl groups is 1. The number of nitrogens with one attached hydrogen (secondary N) is 2. The third-order valence-electron chi connectivity index (χ3n) is 8.12. The first-order valence-electron chi connectivity index (χ1n) is 14.5. The molecule has 0 aliphatic carbocycles. The van der Waals surface area contributed by atoms with Crippen LogP contribution in [-0.4, -0.2) is 80.5 Å². The summed E-state index contributed by atoms with van der Waals surface area (Å²) < 4.78 is 0. The van der Waals surface area contributed by atoms with Crippen molar-refractivity contribution >= 4 is 58.5 Å². The molecule has 2 saturated heterocycles. The minimum Gasteiger partial charge on any atom is -0.508 e. The van der Waals surface area contributed by atoms with Crippen molar-refractivity contribution in [3.05, 3.63) is 100 Å². The van der Waals surface area contributed by atoms with Crippen LogP contribution in [-0.2, 0) is 29.1 Å². The summed E-state index contributed by atoms with van der Waals surface area (Å²) in [6, 6.07) is 16.4. The highest BCUT2D eigenvalue weighted by Gasteiger charge is 2.51. The molecule has 4 amide bonds. The Balaban J connectivity index is 1.34. The van der Waals surface area contributed by atoms with E-state index in [0.29, 0.717) is 16.6 Å². The lowest BCUT2D eigenvalue weighted by molar-refractivity contribution is -0.189. The van der Waals surface area contributed by atoms with Crippen LogP contribution in [0.4, 0.5) is 10.5 Å². The van der Waals surface area contributed by atoms with Crippen LogP contribution in [0.1, 0.15) is 16.7 Å². The number of thioether (sulfide) groups is 1. The molecule has 2 fully saturated rings. The van der Waals surface area contributed by atoms with Gasteiger partial charge in [0.05, 0.1) is 34.7 Å². The summed E-state index contributed by atoms with van der Waals surface area (Å²) in [5.74, 6) is 0.392. The lowest BCUT2D eigenvalue weighted by Gasteiger charge is -2.55. The standard InChI is InChI=1S/C32H32Cl2N6O4S/c1-2-12-38-18-29(42)39-26(14-20-6-9-23(41)10-7-20)31(43)37(16-22-4-3-5-27-30(22)36-19-45-27)17-28(39)40(38)32(44)35-15-21-8-11-24(33)25(34)13-21/h2-11,13,26,28,36,41H,1,12,14-19H2,(H,35,44)/t26-,28-/m0/s1. The van der Waals surface area contributed by atoms with Gasteiger partial charge in [-0.15, -0.1) is 18.3 Å². The Kier molecular flexibility index (Phi) is 9.14. The predicted molar refractivity (Wildman–Crippen MR) is 175 cm³/mol. The summed E-state index contributed by atoms with van der Waals surface area (Å²) in [5, 5.41) is 20.2. The molecule has 234 valence electrons. The van der Waals surface area contributed by atoms with Crippen LogP contribution in [0.3, 0.4) is 0 Å². The summed E-state index contributed by atoms with van der Waals surface area (Å²) >= 11 is 14.0. The largest absolute Gasteiger partial charge is 0.508 e. The van der Waals surface area contributed by atoms with Crippen molar-refractivity contribution < 1.29 is 19.5 Å². The van der Waals surface area contributed by atoms with Gasteiger partial charge in [0.15, 0.2) is 0 Å². The number of phenolic OH excluding ortho intramolecular Hbond substituents is 1. The van der Waals surface area contributed by atoms with Gasteiger partial charge in [0, 0.05) is 31.0 Å². The van der Waals surface area contributed by atoms with Gasteiger partial charge in [0.2, 0.25) is 11.8 Å². The van der Waals surface area contributed by atoms with Gasteiger partial charge in [-0.25, -0.2) is 14.8 Å². The van der Waals surface area contributed by atoms with Crippen LogP contribution < -0.4 is 10.6 Å². The molecule has 3 N–H and O–H groups in total. The minimum atomic E-state index is -0.865. The topological polar surface area (TPSA) is 108 Å². The smallest absolute Gasteiger partial charge is 0.334 e. The normalized spacial score (nSPS) is 19.6. The number of phenols is 1. The quantitative estimate of drug-likeness (QED) is 0.293. The Morgan fingerprint density at radius 2 is 1.87 bits per heavy atom. The molecule has 3 aliphatic rings. The van der Waals surface area contributed by atoms with E-state index < -0.39 is 18.2 Å². The SMILES string of the molecule is C=CCN1CC(=O)N2[C@@H](Cc3ccc(O)cc3)C(=O)N(Cc3cccc4c3NCS4)C[C@@H]2N1C(=O)NCc1ccc(Cl)c(Cl)c1. The van der Waals surface area contributed by atoms with Crippen molar-refractivity contribution in [2.45, 2.75) is 36.6 Å². The van der Waals surface area contributed by atoms with Crippen molar-refractivity contribution in [2.75, 3.05) is 30.8 Å².